The highest BCUT2D eigenvalue weighted by atomic mass is 16.7. The van der Waals surface area contributed by atoms with E-state index in [1.165, 1.54) is 0 Å². The Morgan fingerprint density at radius 2 is 1.50 bits per heavy atom. The van der Waals surface area contributed by atoms with Crippen molar-refractivity contribution in [3.63, 3.8) is 0 Å². The van der Waals surface area contributed by atoms with Crippen molar-refractivity contribution in [2.75, 3.05) is 19.8 Å². The normalized spacial score (nSPS) is 41.2. The highest BCUT2D eigenvalue weighted by Crippen LogP contribution is 2.36. The van der Waals surface area contributed by atoms with E-state index in [4.69, 9.17) is 14.2 Å². The second-order valence-corrected chi connectivity index (χ2v) is 4.72. The van der Waals surface area contributed by atoms with E-state index in [-0.39, 0.29) is 17.3 Å². The standard InChI is InChI=1S/C9H16O3/c1-8(2)4-10-7(11-5-8)9(3)6-12-9/h7H,4-6H2,1-3H3/t9-/m0/s1. The van der Waals surface area contributed by atoms with Crippen molar-refractivity contribution in [3.8, 4) is 0 Å². The van der Waals surface area contributed by atoms with Crippen LogP contribution in [0.2, 0.25) is 0 Å². The van der Waals surface area contributed by atoms with Crippen molar-refractivity contribution in [1.82, 2.24) is 0 Å². The lowest BCUT2D eigenvalue weighted by Crippen LogP contribution is -2.44. The summed E-state index contributed by atoms with van der Waals surface area (Å²) in [6, 6.07) is 0. The Kier molecular flexibility index (Phi) is 1.72. The summed E-state index contributed by atoms with van der Waals surface area (Å²) in [5.41, 5.74) is -0.00174. The predicted molar refractivity (Wildman–Crippen MR) is 43.8 cm³/mol. The number of hydrogen-bond donors (Lipinski definition) is 0. The maximum Gasteiger partial charge on any atom is 0.188 e. The maximum absolute atomic E-state index is 5.57. The Morgan fingerprint density at radius 1 is 1.00 bits per heavy atom. The third-order valence-electron chi connectivity index (χ3n) is 2.35. The molecule has 0 radical (unpaired) electrons. The van der Waals surface area contributed by atoms with Gasteiger partial charge in [0.05, 0.1) is 19.8 Å². The first-order chi connectivity index (χ1) is 5.52. The average molecular weight is 172 g/mol. The van der Waals surface area contributed by atoms with E-state index in [0.717, 1.165) is 19.8 Å². The number of ether oxygens (including phenoxy) is 3. The molecule has 0 aromatic heterocycles. The Balaban J connectivity index is 1.90. The molecule has 2 aliphatic rings. The molecule has 0 bridgehead atoms. The van der Waals surface area contributed by atoms with Crippen LogP contribution in [0.3, 0.4) is 0 Å². The Labute approximate surface area is 73.0 Å². The molecule has 12 heavy (non-hydrogen) atoms. The molecule has 0 N–H and O–H groups in total. The van der Waals surface area contributed by atoms with Gasteiger partial charge in [0.2, 0.25) is 0 Å². The van der Waals surface area contributed by atoms with Gasteiger partial charge >= 0.3 is 0 Å². The Hall–Kier alpha value is -0.120. The minimum absolute atomic E-state index is 0.148. The monoisotopic (exact) mass is 172 g/mol. The fourth-order valence-corrected chi connectivity index (χ4v) is 1.29. The summed E-state index contributed by atoms with van der Waals surface area (Å²) in [4.78, 5) is 0. The van der Waals surface area contributed by atoms with Gasteiger partial charge in [0.25, 0.3) is 0 Å². The Bertz CT molecular complexity index is 174. The fraction of sp³-hybridized carbons (Fsp3) is 1.00. The average Bonchev–Trinajstić information content (AvgIpc) is 2.68. The lowest BCUT2D eigenvalue weighted by Gasteiger charge is -2.36. The van der Waals surface area contributed by atoms with Crippen LogP contribution in [0.1, 0.15) is 20.8 Å². The molecule has 0 aromatic carbocycles. The molecule has 0 aliphatic carbocycles. The van der Waals surface area contributed by atoms with Gasteiger partial charge in [-0.3, -0.25) is 0 Å². The molecular formula is C9H16O3. The third-order valence-corrected chi connectivity index (χ3v) is 2.35. The van der Waals surface area contributed by atoms with Crippen molar-refractivity contribution >= 4 is 0 Å². The summed E-state index contributed by atoms with van der Waals surface area (Å²) < 4.78 is 16.4. The van der Waals surface area contributed by atoms with E-state index in [0.29, 0.717) is 0 Å². The van der Waals surface area contributed by atoms with Gasteiger partial charge in [-0.2, -0.15) is 0 Å². The summed E-state index contributed by atoms with van der Waals surface area (Å²) in [6.07, 6.45) is -0.148. The van der Waals surface area contributed by atoms with Gasteiger partial charge < -0.3 is 14.2 Å². The van der Waals surface area contributed by atoms with Gasteiger partial charge in [0.1, 0.15) is 5.60 Å². The summed E-state index contributed by atoms with van der Waals surface area (Å²) in [7, 11) is 0. The van der Waals surface area contributed by atoms with Crippen LogP contribution in [-0.4, -0.2) is 31.7 Å². The molecule has 0 spiro atoms. The molecule has 1 atom stereocenters. The molecule has 2 fully saturated rings. The zero-order valence-corrected chi connectivity index (χ0v) is 7.92. The molecule has 2 heterocycles. The smallest absolute Gasteiger partial charge is 0.188 e. The van der Waals surface area contributed by atoms with Gasteiger partial charge in [-0.1, -0.05) is 13.8 Å². The molecule has 0 saturated carbocycles. The second-order valence-electron chi connectivity index (χ2n) is 4.72. The highest BCUT2D eigenvalue weighted by molar-refractivity contribution is 4.92. The summed E-state index contributed by atoms with van der Waals surface area (Å²) in [5, 5.41) is 0. The summed E-state index contributed by atoms with van der Waals surface area (Å²) in [5.74, 6) is 0. The largest absolute Gasteiger partial charge is 0.364 e. The quantitative estimate of drug-likeness (QED) is 0.556. The van der Waals surface area contributed by atoms with E-state index >= 15 is 0 Å². The van der Waals surface area contributed by atoms with Crippen LogP contribution < -0.4 is 0 Å². The van der Waals surface area contributed by atoms with Gasteiger partial charge in [0.15, 0.2) is 6.29 Å². The van der Waals surface area contributed by atoms with Crippen molar-refractivity contribution < 1.29 is 14.2 Å². The summed E-state index contributed by atoms with van der Waals surface area (Å²) in [6.45, 7) is 8.58. The molecule has 3 nitrogen and oxygen atoms in total. The number of rotatable bonds is 1. The zero-order valence-electron chi connectivity index (χ0n) is 7.92. The molecular weight excluding hydrogens is 156 g/mol. The molecule has 2 saturated heterocycles. The van der Waals surface area contributed by atoms with Crippen LogP contribution in [0.5, 0.6) is 0 Å². The minimum Gasteiger partial charge on any atom is -0.364 e. The predicted octanol–water partition coefficient (Wildman–Crippen LogP) is 1.17. The van der Waals surface area contributed by atoms with Crippen molar-refractivity contribution in [3.05, 3.63) is 0 Å². The minimum atomic E-state index is -0.156. The first-order valence-electron chi connectivity index (χ1n) is 4.39. The zero-order chi connectivity index (χ0) is 8.82. The number of hydrogen-bond acceptors (Lipinski definition) is 3. The van der Waals surface area contributed by atoms with Crippen LogP contribution in [-0.2, 0) is 14.2 Å². The topological polar surface area (TPSA) is 31.0 Å². The maximum atomic E-state index is 5.57. The third kappa shape index (κ3) is 1.49. The Morgan fingerprint density at radius 3 is 1.92 bits per heavy atom. The lowest BCUT2D eigenvalue weighted by atomic mass is 9.95. The number of epoxide rings is 1. The fourth-order valence-electron chi connectivity index (χ4n) is 1.29. The SMILES string of the molecule is CC1(C)COC([C@]2(C)CO2)OC1. The van der Waals surface area contributed by atoms with Crippen molar-refractivity contribution in [1.29, 1.82) is 0 Å². The van der Waals surface area contributed by atoms with Crippen LogP contribution in [0.4, 0.5) is 0 Å². The summed E-state index contributed by atoms with van der Waals surface area (Å²) >= 11 is 0. The van der Waals surface area contributed by atoms with Gasteiger partial charge in [-0.15, -0.1) is 0 Å². The molecule has 2 aliphatic heterocycles. The van der Waals surface area contributed by atoms with Crippen molar-refractivity contribution in [2.45, 2.75) is 32.7 Å². The molecule has 2 rings (SSSR count). The van der Waals surface area contributed by atoms with Gasteiger partial charge in [-0.05, 0) is 6.92 Å². The van der Waals surface area contributed by atoms with E-state index in [9.17, 15) is 0 Å². The molecule has 0 amide bonds. The first kappa shape index (κ1) is 8.48. The van der Waals surface area contributed by atoms with Gasteiger partial charge in [0, 0.05) is 5.41 Å². The van der Waals surface area contributed by atoms with Crippen LogP contribution >= 0.6 is 0 Å². The second kappa shape index (κ2) is 2.44. The lowest BCUT2D eigenvalue weighted by molar-refractivity contribution is -0.244. The van der Waals surface area contributed by atoms with Crippen molar-refractivity contribution in [2.24, 2.45) is 5.41 Å². The molecule has 0 unspecified atom stereocenters. The highest BCUT2D eigenvalue weighted by Gasteiger charge is 2.51. The van der Waals surface area contributed by atoms with Crippen LogP contribution in [0, 0.1) is 5.41 Å². The van der Waals surface area contributed by atoms with E-state index in [2.05, 4.69) is 13.8 Å². The molecule has 0 aromatic rings. The van der Waals surface area contributed by atoms with Gasteiger partial charge in [-0.25, -0.2) is 0 Å². The molecule has 70 valence electrons. The molecule has 3 heteroatoms. The van der Waals surface area contributed by atoms with Crippen LogP contribution in [0.25, 0.3) is 0 Å². The van der Waals surface area contributed by atoms with Crippen LogP contribution in [0.15, 0.2) is 0 Å². The van der Waals surface area contributed by atoms with E-state index < -0.39 is 0 Å². The van der Waals surface area contributed by atoms with E-state index in [1.54, 1.807) is 0 Å². The first-order valence-corrected chi connectivity index (χ1v) is 4.39. The van der Waals surface area contributed by atoms with E-state index in [1.807, 2.05) is 6.92 Å².